The number of aromatic amines is 1. The SMILES string of the molecule is Cc1n[nH]c(C)c1S(=O)(=O)NC[C@@H]1CCCNC1. The summed E-state index contributed by atoms with van der Waals surface area (Å²) in [5.41, 5.74) is 1.10. The summed E-state index contributed by atoms with van der Waals surface area (Å²) in [6, 6.07) is 0. The first-order valence-electron chi connectivity index (χ1n) is 6.22. The monoisotopic (exact) mass is 272 g/mol. The largest absolute Gasteiger partial charge is 0.316 e. The average Bonchev–Trinajstić information content (AvgIpc) is 2.69. The third-order valence-electron chi connectivity index (χ3n) is 3.29. The van der Waals surface area contributed by atoms with Crippen LogP contribution in [0.1, 0.15) is 24.2 Å². The first-order valence-corrected chi connectivity index (χ1v) is 7.71. The van der Waals surface area contributed by atoms with Crippen LogP contribution >= 0.6 is 0 Å². The molecule has 0 saturated carbocycles. The minimum absolute atomic E-state index is 0.284. The van der Waals surface area contributed by atoms with E-state index in [9.17, 15) is 8.42 Å². The van der Waals surface area contributed by atoms with Crippen molar-refractivity contribution < 1.29 is 8.42 Å². The molecule has 3 N–H and O–H groups in total. The summed E-state index contributed by atoms with van der Waals surface area (Å²) in [6.45, 7) is 5.81. The first kappa shape index (κ1) is 13.5. The minimum Gasteiger partial charge on any atom is -0.316 e. The Bertz CT molecular complexity index is 484. The molecule has 6 nitrogen and oxygen atoms in total. The van der Waals surface area contributed by atoms with Gasteiger partial charge < -0.3 is 5.32 Å². The number of hydrogen-bond acceptors (Lipinski definition) is 4. The maximum atomic E-state index is 12.2. The van der Waals surface area contributed by atoms with Crippen LogP contribution < -0.4 is 10.0 Å². The number of hydrogen-bond donors (Lipinski definition) is 3. The van der Waals surface area contributed by atoms with Crippen LogP contribution in [0.4, 0.5) is 0 Å². The number of aromatic nitrogens is 2. The van der Waals surface area contributed by atoms with E-state index in [-0.39, 0.29) is 4.90 Å². The van der Waals surface area contributed by atoms with Gasteiger partial charge in [-0.15, -0.1) is 0 Å². The Hall–Kier alpha value is -0.920. The molecule has 1 aromatic heterocycles. The van der Waals surface area contributed by atoms with Gasteiger partial charge in [-0.05, 0) is 45.7 Å². The molecule has 0 aliphatic carbocycles. The lowest BCUT2D eigenvalue weighted by Gasteiger charge is -2.22. The lowest BCUT2D eigenvalue weighted by atomic mass is 10.0. The highest BCUT2D eigenvalue weighted by Gasteiger charge is 2.23. The van der Waals surface area contributed by atoms with Gasteiger partial charge in [-0.2, -0.15) is 5.10 Å². The molecule has 1 fully saturated rings. The highest BCUT2D eigenvalue weighted by atomic mass is 32.2. The lowest BCUT2D eigenvalue weighted by molar-refractivity contribution is 0.376. The zero-order chi connectivity index (χ0) is 13.2. The summed E-state index contributed by atoms with van der Waals surface area (Å²) in [4.78, 5) is 0.284. The van der Waals surface area contributed by atoms with Crippen molar-refractivity contribution in [2.24, 2.45) is 5.92 Å². The van der Waals surface area contributed by atoms with E-state index < -0.39 is 10.0 Å². The second-order valence-corrected chi connectivity index (χ2v) is 6.53. The first-order chi connectivity index (χ1) is 8.50. The summed E-state index contributed by atoms with van der Waals surface area (Å²) in [5, 5.41) is 9.90. The van der Waals surface area contributed by atoms with Gasteiger partial charge in [0.1, 0.15) is 4.90 Å². The Balaban J connectivity index is 2.03. The Kier molecular flexibility index (Phi) is 4.04. The average molecular weight is 272 g/mol. The van der Waals surface area contributed by atoms with E-state index in [1.54, 1.807) is 13.8 Å². The van der Waals surface area contributed by atoms with Crippen molar-refractivity contribution in [1.82, 2.24) is 20.2 Å². The van der Waals surface area contributed by atoms with Crippen LogP contribution in [-0.2, 0) is 10.0 Å². The van der Waals surface area contributed by atoms with Crippen molar-refractivity contribution in [3.8, 4) is 0 Å². The molecular weight excluding hydrogens is 252 g/mol. The molecule has 18 heavy (non-hydrogen) atoms. The summed E-state index contributed by atoms with van der Waals surface area (Å²) in [6.07, 6.45) is 2.18. The van der Waals surface area contributed by atoms with Crippen LogP contribution in [0.2, 0.25) is 0 Å². The number of nitrogens with one attached hydrogen (secondary N) is 3. The normalized spacial score (nSPS) is 21.1. The van der Waals surface area contributed by atoms with Crippen molar-refractivity contribution in [2.45, 2.75) is 31.6 Å². The van der Waals surface area contributed by atoms with Crippen molar-refractivity contribution in [3.63, 3.8) is 0 Å². The number of H-pyrrole nitrogens is 1. The second-order valence-electron chi connectivity index (χ2n) is 4.83. The lowest BCUT2D eigenvalue weighted by Crippen LogP contribution is -2.38. The van der Waals surface area contributed by atoms with Crippen molar-refractivity contribution in [3.05, 3.63) is 11.4 Å². The number of aryl methyl sites for hydroxylation is 2. The Morgan fingerprint density at radius 3 is 2.78 bits per heavy atom. The van der Waals surface area contributed by atoms with Gasteiger partial charge in [-0.1, -0.05) is 0 Å². The molecule has 1 saturated heterocycles. The third kappa shape index (κ3) is 2.90. The highest BCUT2D eigenvalue weighted by molar-refractivity contribution is 7.89. The molecule has 1 atom stereocenters. The van der Waals surface area contributed by atoms with Gasteiger partial charge >= 0.3 is 0 Å². The number of nitrogens with zero attached hydrogens (tertiary/aromatic N) is 1. The van der Waals surface area contributed by atoms with Crippen LogP contribution in [0.3, 0.4) is 0 Å². The van der Waals surface area contributed by atoms with E-state index in [2.05, 4.69) is 20.2 Å². The molecule has 1 aliphatic rings. The van der Waals surface area contributed by atoms with Gasteiger partial charge in [0.05, 0.1) is 11.4 Å². The molecule has 2 heterocycles. The fourth-order valence-electron chi connectivity index (χ4n) is 2.33. The zero-order valence-electron chi connectivity index (χ0n) is 10.8. The zero-order valence-corrected chi connectivity index (χ0v) is 11.6. The predicted octanol–water partition coefficient (Wildman–Crippen LogP) is 0.304. The molecule has 102 valence electrons. The Morgan fingerprint density at radius 1 is 1.44 bits per heavy atom. The number of rotatable bonds is 4. The standard InChI is InChI=1S/C11H20N4O2S/c1-8-11(9(2)15-14-8)18(16,17)13-7-10-4-3-5-12-6-10/h10,12-13H,3-7H2,1-2H3,(H,14,15)/t10-/m1/s1. The third-order valence-corrected chi connectivity index (χ3v) is 4.98. The number of sulfonamides is 1. The van der Waals surface area contributed by atoms with Crippen LogP contribution in [0.25, 0.3) is 0 Å². The summed E-state index contributed by atoms with van der Waals surface area (Å²) in [7, 11) is -3.45. The van der Waals surface area contributed by atoms with Crippen LogP contribution in [0.15, 0.2) is 4.90 Å². The fraction of sp³-hybridized carbons (Fsp3) is 0.727. The van der Waals surface area contributed by atoms with Gasteiger partial charge in [-0.3, -0.25) is 5.10 Å². The van der Waals surface area contributed by atoms with E-state index in [1.165, 1.54) is 0 Å². The van der Waals surface area contributed by atoms with E-state index in [4.69, 9.17) is 0 Å². The van der Waals surface area contributed by atoms with E-state index in [0.29, 0.717) is 23.9 Å². The van der Waals surface area contributed by atoms with Gasteiger partial charge in [0.25, 0.3) is 0 Å². The smallest absolute Gasteiger partial charge is 0.244 e. The Labute approximate surface area is 108 Å². The maximum absolute atomic E-state index is 12.2. The topological polar surface area (TPSA) is 86.9 Å². The van der Waals surface area contributed by atoms with E-state index >= 15 is 0 Å². The minimum atomic E-state index is -3.45. The summed E-state index contributed by atoms with van der Waals surface area (Å²) >= 11 is 0. The molecule has 0 bridgehead atoms. The predicted molar refractivity (Wildman–Crippen MR) is 68.8 cm³/mol. The van der Waals surface area contributed by atoms with Crippen molar-refractivity contribution in [1.29, 1.82) is 0 Å². The quantitative estimate of drug-likeness (QED) is 0.736. The molecule has 0 amide bonds. The van der Waals surface area contributed by atoms with E-state index in [0.717, 1.165) is 25.9 Å². The van der Waals surface area contributed by atoms with E-state index in [1.807, 2.05) is 0 Å². The van der Waals surface area contributed by atoms with Crippen molar-refractivity contribution >= 4 is 10.0 Å². The molecule has 0 unspecified atom stereocenters. The molecule has 0 spiro atoms. The highest BCUT2D eigenvalue weighted by Crippen LogP contribution is 2.17. The number of piperidine rings is 1. The Morgan fingerprint density at radius 2 is 2.22 bits per heavy atom. The fourth-order valence-corrected chi connectivity index (χ4v) is 3.82. The molecule has 2 rings (SSSR count). The van der Waals surface area contributed by atoms with Gasteiger partial charge in [0, 0.05) is 6.54 Å². The van der Waals surface area contributed by atoms with Crippen LogP contribution in [-0.4, -0.2) is 38.2 Å². The van der Waals surface area contributed by atoms with Crippen LogP contribution in [0, 0.1) is 19.8 Å². The van der Waals surface area contributed by atoms with Gasteiger partial charge in [0.2, 0.25) is 10.0 Å². The molecule has 0 aromatic carbocycles. The van der Waals surface area contributed by atoms with Crippen LogP contribution in [0.5, 0.6) is 0 Å². The second kappa shape index (κ2) is 5.38. The maximum Gasteiger partial charge on any atom is 0.244 e. The summed E-state index contributed by atoms with van der Waals surface area (Å²) in [5.74, 6) is 0.376. The molecule has 0 radical (unpaired) electrons. The van der Waals surface area contributed by atoms with Gasteiger partial charge in [0.15, 0.2) is 0 Å². The molecule has 1 aliphatic heterocycles. The van der Waals surface area contributed by atoms with Gasteiger partial charge in [-0.25, -0.2) is 13.1 Å². The molecule has 7 heteroatoms. The molecule has 1 aromatic rings. The van der Waals surface area contributed by atoms with Crippen molar-refractivity contribution in [2.75, 3.05) is 19.6 Å². The molecular formula is C11H20N4O2S. The summed E-state index contributed by atoms with van der Waals surface area (Å²) < 4.78 is 27.1.